The lowest BCUT2D eigenvalue weighted by Crippen LogP contribution is -2.26. The average Bonchev–Trinajstić information content (AvgIpc) is 4.02. The summed E-state index contributed by atoms with van der Waals surface area (Å²) in [7, 11) is 0. The van der Waals surface area contributed by atoms with Crippen LogP contribution in [0.1, 0.15) is 44.5 Å². The molecule has 14 rings (SSSR count). The van der Waals surface area contributed by atoms with Gasteiger partial charge in [-0.2, -0.15) is 0 Å². The predicted octanol–water partition coefficient (Wildman–Crippen LogP) is 14.8. The van der Waals surface area contributed by atoms with Gasteiger partial charge in [0.05, 0.1) is 5.41 Å². The quantitative estimate of drug-likeness (QED) is 0.165. The van der Waals surface area contributed by atoms with Crippen LogP contribution >= 0.6 is 0 Å². The maximum absolute atomic E-state index is 2.52. The summed E-state index contributed by atoms with van der Waals surface area (Å²) in [6.07, 6.45) is 1.94. The Bertz CT molecular complexity index is 3270. The number of rotatable bonds is 2. The van der Waals surface area contributed by atoms with Crippen LogP contribution < -0.4 is 0 Å². The van der Waals surface area contributed by atoms with Crippen LogP contribution in [0.5, 0.6) is 0 Å². The van der Waals surface area contributed by atoms with Crippen LogP contribution in [-0.2, 0) is 18.3 Å². The maximum Gasteiger partial charge on any atom is 0.0725 e. The molecule has 0 aromatic heterocycles. The Morgan fingerprint density at radius 3 is 1.10 bits per heavy atom. The maximum atomic E-state index is 2.52. The molecule has 0 saturated carbocycles. The van der Waals surface area contributed by atoms with E-state index in [2.05, 4.69) is 194 Å². The zero-order valence-corrected chi connectivity index (χ0v) is 32.4. The van der Waals surface area contributed by atoms with E-state index < -0.39 is 5.41 Å². The van der Waals surface area contributed by atoms with Crippen molar-refractivity contribution in [3.8, 4) is 66.8 Å². The van der Waals surface area contributed by atoms with E-state index >= 15 is 0 Å². The second-order valence-electron chi connectivity index (χ2n) is 17.1. The van der Waals surface area contributed by atoms with Gasteiger partial charge in [-0.05, 0) is 182 Å². The van der Waals surface area contributed by atoms with Gasteiger partial charge in [0.1, 0.15) is 0 Å². The monoisotopic (exact) mass is 744 g/mol. The van der Waals surface area contributed by atoms with Gasteiger partial charge >= 0.3 is 0 Å². The summed E-state index contributed by atoms with van der Waals surface area (Å²) in [4.78, 5) is 0. The molecule has 10 aromatic carbocycles. The van der Waals surface area contributed by atoms with Crippen LogP contribution in [0.2, 0.25) is 0 Å². The van der Waals surface area contributed by atoms with Crippen molar-refractivity contribution in [1.29, 1.82) is 0 Å². The van der Waals surface area contributed by atoms with Gasteiger partial charge in [0, 0.05) is 0 Å². The molecule has 0 heterocycles. The third-order valence-corrected chi connectivity index (χ3v) is 14.3. The average molecular weight is 745 g/mol. The van der Waals surface area contributed by atoms with E-state index in [1.165, 1.54) is 133 Å². The molecule has 0 bridgehead atoms. The third kappa shape index (κ3) is 4.13. The molecule has 0 heteroatoms. The Balaban J connectivity index is 1.04. The van der Waals surface area contributed by atoms with Crippen LogP contribution in [0.15, 0.2) is 194 Å². The summed E-state index contributed by atoms with van der Waals surface area (Å²) in [6, 6.07) is 74.3. The number of hydrogen-bond donors (Lipinski definition) is 0. The lowest BCUT2D eigenvalue weighted by Gasteiger charge is -2.31. The Labute approximate surface area is 343 Å². The molecule has 0 unspecified atom stereocenters. The summed E-state index contributed by atoms with van der Waals surface area (Å²) >= 11 is 0. The molecule has 10 aromatic rings. The highest BCUT2D eigenvalue weighted by Gasteiger charge is 2.52. The van der Waals surface area contributed by atoms with E-state index in [0.29, 0.717) is 0 Å². The molecular formula is C59H36. The zero-order valence-electron chi connectivity index (χ0n) is 32.4. The first-order valence-corrected chi connectivity index (χ1v) is 21.0. The van der Waals surface area contributed by atoms with Crippen LogP contribution in [0, 0.1) is 0 Å². The lowest BCUT2D eigenvalue weighted by atomic mass is 9.70. The van der Waals surface area contributed by atoms with Crippen molar-refractivity contribution in [2.45, 2.75) is 18.3 Å². The van der Waals surface area contributed by atoms with Crippen molar-refractivity contribution in [1.82, 2.24) is 0 Å². The summed E-state index contributed by atoms with van der Waals surface area (Å²) < 4.78 is 0. The van der Waals surface area contributed by atoms with Crippen LogP contribution in [0.3, 0.4) is 0 Å². The lowest BCUT2D eigenvalue weighted by molar-refractivity contribution is 0.796. The molecule has 59 heavy (non-hydrogen) atoms. The van der Waals surface area contributed by atoms with Gasteiger partial charge in [-0.1, -0.05) is 158 Å². The van der Waals surface area contributed by atoms with E-state index in [1.54, 1.807) is 0 Å². The minimum absolute atomic E-state index is 0.468. The fourth-order valence-corrected chi connectivity index (χ4v) is 11.8. The van der Waals surface area contributed by atoms with Gasteiger partial charge in [-0.3, -0.25) is 0 Å². The molecule has 0 N–H and O–H groups in total. The van der Waals surface area contributed by atoms with E-state index in [-0.39, 0.29) is 0 Å². The fraction of sp³-hybridized carbons (Fsp3) is 0.0508. The SMILES string of the molecule is c1ccc2c(c1)Cc1c(-c3ccc4c(c3)-c3cc5ccccc5cc3C43c4ccc(-c5cccc6c5Cc5ccccc5-6)cc4-c4cc5ccccc5cc43)cccc1-2. The number of hydrogen-bond acceptors (Lipinski definition) is 0. The first-order valence-electron chi connectivity index (χ1n) is 21.0. The normalized spacial score (nSPS) is 14.1. The van der Waals surface area contributed by atoms with Gasteiger partial charge in [0.2, 0.25) is 0 Å². The van der Waals surface area contributed by atoms with E-state index in [1.807, 2.05) is 0 Å². The largest absolute Gasteiger partial charge is 0.0725 e. The van der Waals surface area contributed by atoms with Crippen molar-refractivity contribution in [3.05, 3.63) is 239 Å². The van der Waals surface area contributed by atoms with Crippen molar-refractivity contribution < 1.29 is 0 Å². The molecule has 4 aliphatic carbocycles. The van der Waals surface area contributed by atoms with Gasteiger partial charge in [0.15, 0.2) is 0 Å². The highest BCUT2D eigenvalue weighted by Crippen LogP contribution is 2.64. The smallest absolute Gasteiger partial charge is 0.0619 e. The van der Waals surface area contributed by atoms with E-state index in [0.717, 1.165) is 12.8 Å². The molecule has 0 radical (unpaired) electrons. The van der Waals surface area contributed by atoms with Gasteiger partial charge < -0.3 is 0 Å². The van der Waals surface area contributed by atoms with Gasteiger partial charge in [-0.15, -0.1) is 0 Å². The van der Waals surface area contributed by atoms with E-state index in [9.17, 15) is 0 Å². The highest BCUT2D eigenvalue weighted by molar-refractivity contribution is 6.04. The molecule has 272 valence electrons. The molecule has 0 amide bonds. The zero-order chi connectivity index (χ0) is 38.4. The fourth-order valence-electron chi connectivity index (χ4n) is 11.8. The summed E-state index contributed by atoms with van der Waals surface area (Å²) in [5.74, 6) is 0. The second kappa shape index (κ2) is 11.4. The summed E-state index contributed by atoms with van der Waals surface area (Å²) in [5.41, 5.74) is 26.9. The Morgan fingerprint density at radius 2 is 0.627 bits per heavy atom. The molecule has 1 spiro atoms. The molecule has 0 saturated heterocycles. The molecule has 4 aliphatic rings. The minimum Gasteiger partial charge on any atom is -0.0619 e. The molecule has 0 nitrogen and oxygen atoms in total. The standard InChI is InChI=1S/C59H36/c1-3-13-37-33-57-53(27-35(37)11-1)51-31-41(45-19-9-21-47-43-17-7-5-15-39(43)29-49(45)47)23-25-55(51)59(57)56-26-24-42(32-52(56)54-28-36-12-2-4-14-38(36)34-58(54)59)46-20-10-22-48-44-18-8-6-16-40(44)30-50(46)48/h1-28,31-34H,29-30H2. The highest BCUT2D eigenvalue weighted by atomic mass is 14.5. The van der Waals surface area contributed by atoms with Gasteiger partial charge in [-0.25, -0.2) is 0 Å². The Hall–Kier alpha value is -7.28. The van der Waals surface area contributed by atoms with Gasteiger partial charge in [0.25, 0.3) is 0 Å². The number of fused-ring (bicyclic) bond motifs is 18. The molecule has 0 atom stereocenters. The summed E-state index contributed by atoms with van der Waals surface area (Å²) in [6.45, 7) is 0. The molecule has 0 fully saturated rings. The Kier molecular flexibility index (Phi) is 6.16. The Morgan fingerprint density at radius 1 is 0.254 bits per heavy atom. The van der Waals surface area contributed by atoms with Crippen molar-refractivity contribution >= 4 is 21.5 Å². The topological polar surface area (TPSA) is 0 Å². The first-order chi connectivity index (χ1) is 29.2. The van der Waals surface area contributed by atoms with E-state index in [4.69, 9.17) is 0 Å². The van der Waals surface area contributed by atoms with Crippen molar-refractivity contribution in [2.24, 2.45) is 0 Å². The van der Waals surface area contributed by atoms with Crippen molar-refractivity contribution in [2.75, 3.05) is 0 Å². The van der Waals surface area contributed by atoms with Crippen LogP contribution in [-0.4, -0.2) is 0 Å². The minimum atomic E-state index is -0.468. The predicted molar refractivity (Wildman–Crippen MR) is 245 cm³/mol. The molecular weight excluding hydrogens is 709 g/mol. The second-order valence-corrected chi connectivity index (χ2v) is 17.1. The number of benzene rings is 10. The molecule has 0 aliphatic heterocycles. The third-order valence-electron chi connectivity index (χ3n) is 14.3. The summed E-state index contributed by atoms with van der Waals surface area (Å²) in [5, 5.41) is 5.12. The first kappa shape index (κ1) is 31.8. The van der Waals surface area contributed by atoms with Crippen molar-refractivity contribution in [3.63, 3.8) is 0 Å². The van der Waals surface area contributed by atoms with Crippen LogP contribution in [0.4, 0.5) is 0 Å². The van der Waals surface area contributed by atoms with Crippen LogP contribution in [0.25, 0.3) is 88.3 Å².